The summed E-state index contributed by atoms with van der Waals surface area (Å²) in [5.74, 6) is -0.143. The van der Waals surface area contributed by atoms with E-state index in [1.54, 1.807) is 0 Å². The van der Waals surface area contributed by atoms with Gasteiger partial charge in [-0.05, 0) is 31.1 Å². The van der Waals surface area contributed by atoms with E-state index < -0.39 is 6.04 Å². The molecule has 2 amide bonds. The van der Waals surface area contributed by atoms with Crippen molar-refractivity contribution in [3.8, 4) is 0 Å². The van der Waals surface area contributed by atoms with E-state index >= 15 is 0 Å². The van der Waals surface area contributed by atoms with E-state index in [9.17, 15) is 14.7 Å². The molecular weight excluding hydrogens is 258 g/mol. The highest BCUT2D eigenvalue weighted by atomic mass is 16.3. The highest BCUT2D eigenvalue weighted by Gasteiger charge is 2.21. The van der Waals surface area contributed by atoms with Crippen molar-refractivity contribution in [2.75, 3.05) is 13.1 Å². The molecule has 0 aromatic rings. The van der Waals surface area contributed by atoms with Crippen LogP contribution in [-0.2, 0) is 9.59 Å². The van der Waals surface area contributed by atoms with E-state index in [0.717, 1.165) is 25.7 Å². The summed E-state index contributed by atoms with van der Waals surface area (Å²) in [6.07, 6.45) is 3.39. The third-order valence-electron chi connectivity index (χ3n) is 3.79. The molecule has 3 atom stereocenters. The van der Waals surface area contributed by atoms with Gasteiger partial charge in [-0.3, -0.25) is 9.59 Å². The van der Waals surface area contributed by atoms with Gasteiger partial charge < -0.3 is 21.5 Å². The third-order valence-corrected chi connectivity index (χ3v) is 3.79. The summed E-state index contributed by atoms with van der Waals surface area (Å²) >= 11 is 0. The molecule has 0 aromatic carbocycles. The number of rotatable bonds is 6. The fourth-order valence-electron chi connectivity index (χ4n) is 2.36. The minimum atomic E-state index is -0.587. The number of aliphatic hydroxyl groups is 1. The monoisotopic (exact) mass is 285 g/mol. The SMILES string of the molecule is CC(C)[C@H](N)C(=O)NCC(=O)NCC1CCCC(O)C1. The molecule has 1 saturated carbocycles. The Labute approximate surface area is 120 Å². The van der Waals surface area contributed by atoms with Gasteiger partial charge in [-0.15, -0.1) is 0 Å². The first-order chi connectivity index (χ1) is 9.40. The van der Waals surface area contributed by atoms with Crippen LogP contribution in [0, 0.1) is 11.8 Å². The first-order valence-electron chi connectivity index (χ1n) is 7.38. The van der Waals surface area contributed by atoms with Gasteiger partial charge in [0.2, 0.25) is 11.8 Å². The van der Waals surface area contributed by atoms with Crippen LogP contribution in [-0.4, -0.2) is 42.2 Å². The van der Waals surface area contributed by atoms with Crippen molar-refractivity contribution < 1.29 is 14.7 Å². The Morgan fingerprint density at radius 2 is 2.00 bits per heavy atom. The van der Waals surface area contributed by atoms with Crippen LogP contribution in [0.15, 0.2) is 0 Å². The molecule has 2 unspecified atom stereocenters. The second kappa shape index (κ2) is 8.21. The Morgan fingerprint density at radius 3 is 2.60 bits per heavy atom. The molecule has 1 aliphatic rings. The zero-order valence-corrected chi connectivity index (χ0v) is 12.4. The van der Waals surface area contributed by atoms with Crippen molar-refractivity contribution in [2.45, 2.75) is 51.7 Å². The van der Waals surface area contributed by atoms with Crippen molar-refractivity contribution >= 4 is 11.8 Å². The number of carbonyl (C=O) groups is 2. The smallest absolute Gasteiger partial charge is 0.239 e. The number of hydrogen-bond donors (Lipinski definition) is 4. The van der Waals surface area contributed by atoms with Crippen molar-refractivity contribution in [1.82, 2.24) is 10.6 Å². The summed E-state index contributed by atoms with van der Waals surface area (Å²) in [6.45, 7) is 4.23. The van der Waals surface area contributed by atoms with Crippen LogP contribution in [0.4, 0.5) is 0 Å². The lowest BCUT2D eigenvalue weighted by Crippen LogP contribution is -2.47. The standard InChI is InChI=1S/C14H27N3O3/c1-9(2)13(15)14(20)17-8-12(19)16-7-10-4-3-5-11(18)6-10/h9-11,13,18H,3-8,15H2,1-2H3,(H,16,19)(H,17,20)/t10?,11?,13-/m0/s1. The summed E-state index contributed by atoms with van der Waals surface area (Å²) in [6, 6.07) is -0.587. The average molecular weight is 285 g/mol. The first-order valence-corrected chi connectivity index (χ1v) is 7.38. The predicted octanol–water partition coefficient (Wildman–Crippen LogP) is -0.247. The van der Waals surface area contributed by atoms with Crippen LogP contribution in [0.3, 0.4) is 0 Å². The van der Waals surface area contributed by atoms with Crippen molar-refractivity contribution in [3.05, 3.63) is 0 Å². The van der Waals surface area contributed by atoms with Crippen molar-refractivity contribution in [3.63, 3.8) is 0 Å². The van der Waals surface area contributed by atoms with Crippen LogP contribution in [0.5, 0.6) is 0 Å². The molecule has 20 heavy (non-hydrogen) atoms. The minimum absolute atomic E-state index is 0.0433. The normalized spacial score (nSPS) is 24.2. The summed E-state index contributed by atoms with van der Waals surface area (Å²) in [5.41, 5.74) is 5.68. The number of aliphatic hydroxyl groups excluding tert-OH is 1. The first kappa shape index (κ1) is 16.9. The van der Waals surface area contributed by atoms with E-state index in [1.165, 1.54) is 0 Å². The van der Waals surface area contributed by atoms with E-state index in [-0.39, 0.29) is 30.4 Å². The maximum atomic E-state index is 11.6. The molecular formula is C14H27N3O3. The molecule has 1 rings (SSSR count). The molecule has 0 aromatic heterocycles. The molecule has 0 heterocycles. The Morgan fingerprint density at radius 1 is 1.30 bits per heavy atom. The Bertz CT molecular complexity index is 334. The van der Waals surface area contributed by atoms with Crippen LogP contribution < -0.4 is 16.4 Å². The molecule has 116 valence electrons. The topological polar surface area (TPSA) is 104 Å². The molecule has 0 saturated heterocycles. The fraction of sp³-hybridized carbons (Fsp3) is 0.857. The third kappa shape index (κ3) is 5.88. The average Bonchev–Trinajstić information content (AvgIpc) is 2.41. The van der Waals surface area contributed by atoms with Gasteiger partial charge in [-0.25, -0.2) is 0 Å². The molecule has 0 spiro atoms. The molecule has 6 heteroatoms. The molecule has 0 radical (unpaired) electrons. The van der Waals surface area contributed by atoms with Gasteiger partial charge in [0, 0.05) is 6.54 Å². The Hall–Kier alpha value is -1.14. The van der Waals surface area contributed by atoms with Gasteiger partial charge in [0.1, 0.15) is 0 Å². The minimum Gasteiger partial charge on any atom is -0.393 e. The predicted molar refractivity (Wildman–Crippen MR) is 76.8 cm³/mol. The molecule has 0 bridgehead atoms. The summed E-state index contributed by atoms with van der Waals surface area (Å²) in [7, 11) is 0. The molecule has 6 nitrogen and oxygen atoms in total. The van der Waals surface area contributed by atoms with Crippen molar-refractivity contribution in [1.29, 1.82) is 0 Å². The Balaban J connectivity index is 2.18. The van der Waals surface area contributed by atoms with Gasteiger partial charge in [-0.2, -0.15) is 0 Å². The maximum absolute atomic E-state index is 11.6. The molecule has 1 aliphatic carbocycles. The van der Waals surface area contributed by atoms with Gasteiger partial charge in [-0.1, -0.05) is 20.3 Å². The molecule has 1 fully saturated rings. The lowest BCUT2D eigenvalue weighted by atomic mass is 9.87. The second-order valence-electron chi connectivity index (χ2n) is 5.98. The zero-order valence-electron chi connectivity index (χ0n) is 12.4. The van der Waals surface area contributed by atoms with Gasteiger partial charge in [0.25, 0.3) is 0 Å². The Kier molecular flexibility index (Phi) is 6.95. The van der Waals surface area contributed by atoms with E-state index in [1.807, 2.05) is 13.8 Å². The lowest BCUT2D eigenvalue weighted by Gasteiger charge is -2.25. The molecule has 0 aliphatic heterocycles. The highest BCUT2D eigenvalue weighted by molar-refractivity contribution is 5.87. The van der Waals surface area contributed by atoms with Gasteiger partial charge in [0.15, 0.2) is 0 Å². The number of nitrogens with two attached hydrogens (primary N) is 1. The number of carbonyl (C=O) groups excluding carboxylic acids is 2. The van der Waals surface area contributed by atoms with Crippen molar-refractivity contribution in [2.24, 2.45) is 17.6 Å². The maximum Gasteiger partial charge on any atom is 0.239 e. The number of hydrogen-bond acceptors (Lipinski definition) is 4. The van der Waals surface area contributed by atoms with Crippen LogP contribution in [0.2, 0.25) is 0 Å². The molecule has 5 N–H and O–H groups in total. The quantitative estimate of drug-likeness (QED) is 0.540. The lowest BCUT2D eigenvalue weighted by molar-refractivity contribution is -0.127. The van der Waals surface area contributed by atoms with E-state index in [4.69, 9.17) is 5.73 Å². The second-order valence-corrected chi connectivity index (χ2v) is 5.98. The van der Waals surface area contributed by atoms with Crippen LogP contribution in [0.25, 0.3) is 0 Å². The summed E-state index contributed by atoms with van der Waals surface area (Å²) in [5, 5.41) is 14.9. The fourth-order valence-corrected chi connectivity index (χ4v) is 2.36. The van der Waals surface area contributed by atoms with Crippen LogP contribution in [0.1, 0.15) is 39.5 Å². The largest absolute Gasteiger partial charge is 0.393 e. The van der Waals surface area contributed by atoms with E-state index in [0.29, 0.717) is 12.5 Å². The summed E-state index contributed by atoms with van der Waals surface area (Å²) in [4.78, 5) is 23.2. The van der Waals surface area contributed by atoms with Gasteiger partial charge >= 0.3 is 0 Å². The zero-order chi connectivity index (χ0) is 15.1. The number of amides is 2. The van der Waals surface area contributed by atoms with Gasteiger partial charge in [0.05, 0.1) is 18.7 Å². The highest BCUT2D eigenvalue weighted by Crippen LogP contribution is 2.23. The van der Waals surface area contributed by atoms with E-state index in [2.05, 4.69) is 10.6 Å². The van der Waals surface area contributed by atoms with Crippen LogP contribution >= 0.6 is 0 Å². The summed E-state index contributed by atoms with van der Waals surface area (Å²) < 4.78 is 0. The number of nitrogens with one attached hydrogen (secondary N) is 2.